The Labute approximate surface area is 198 Å². The highest BCUT2D eigenvalue weighted by molar-refractivity contribution is 5.94. The molecule has 4 aromatic rings. The zero-order chi connectivity index (χ0) is 23.9. The standard InChI is InChI=1S/C28H27N3O3/c29-25(28(33)34)17-19-9-11-21(12-10-19)27(32)31-16-3-6-20-5-1-2-8-24(20)22-13-14-26-23(18-22)7-4-15-30-26/h1-2,4-5,7-15,18,25H,3,6,16-17,29H2,(H,31,32)(H,33,34)/t25-/m0/s1. The van der Waals surface area contributed by atoms with Crippen LogP contribution in [-0.4, -0.2) is 34.6 Å². The summed E-state index contributed by atoms with van der Waals surface area (Å²) in [7, 11) is 0. The van der Waals surface area contributed by atoms with Crippen LogP contribution in [0.2, 0.25) is 0 Å². The summed E-state index contributed by atoms with van der Waals surface area (Å²) < 4.78 is 0. The number of aryl methyl sites for hydroxylation is 1. The molecule has 0 bridgehead atoms. The first kappa shape index (κ1) is 23.1. The lowest BCUT2D eigenvalue weighted by Crippen LogP contribution is -2.32. The van der Waals surface area contributed by atoms with Crippen molar-refractivity contribution in [2.75, 3.05) is 6.54 Å². The van der Waals surface area contributed by atoms with Gasteiger partial charge in [-0.2, -0.15) is 0 Å². The maximum absolute atomic E-state index is 12.5. The molecule has 6 nitrogen and oxygen atoms in total. The van der Waals surface area contributed by atoms with Crippen LogP contribution < -0.4 is 11.1 Å². The van der Waals surface area contributed by atoms with Gasteiger partial charge in [0.25, 0.3) is 5.91 Å². The second kappa shape index (κ2) is 10.7. The predicted octanol–water partition coefficient (Wildman–Crippen LogP) is 4.22. The number of hydrogen-bond donors (Lipinski definition) is 3. The average Bonchev–Trinajstić information content (AvgIpc) is 2.86. The van der Waals surface area contributed by atoms with Gasteiger partial charge >= 0.3 is 5.97 Å². The average molecular weight is 454 g/mol. The van der Waals surface area contributed by atoms with Crippen LogP contribution in [0.15, 0.2) is 85.1 Å². The molecule has 4 rings (SSSR count). The van der Waals surface area contributed by atoms with E-state index in [1.807, 2.05) is 24.3 Å². The number of aromatic nitrogens is 1. The number of nitrogens with two attached hydrogens (primary N) is 1. The van der Waals surface area contributed by atoms with Crippen LogP contribution in [0.3, 0.4) is 0 Å². The number of benzene rings is 3. The zero-order valence-corrected chi connectivity index (χ0v) is 18.8. The summed E-state index contributed by atoms with van der Waals surface area (Å²) >= 11 is 0. The number of carboxylic acid groups (broad SMARTS) is 1. The van der Waals surface area contributed by atoms with E-state index in [0.717, 1.165) is 34.9 Å². The minimum atomic E-state index is -1.04. The Bertz CT molecular complexity index is 1300. The third kappa shape index (κ3) is 5.66. The van der Waals surface area contributed by atoms with Gasteiger partial charge in [-0.25, -0.2) is 0 Å². The van der Waals surface area contributed by atoms with Crippen molar-refractivity contribution in [1.29, 1.82) is 0 Å². The van der Waals surface area contributed by atoms with Crippen LogP contribution in [0.1, 0.15) is 27.9 Å². The molecule has 0 spiro atoms. The number of carboxylic acids is 1. The molecule has 0 aliphatic carbocycles. The van der Waals surface area contributed by atoms with E-state index >= 15 is 0 Å². The van der Waals surface area contributed by atoms with Crippen molar-refractivity contribution in [2.24, 2.45) is 5.73 Å². The third-order valence-electron chi connectivity index (χ3n) is 5.83. The number of carbonyl (C=O) groups is 2. The smallest absolute Gasteiger partial charge is 0.320 e. The van der Waals surface area contributed by atoms with E-state index in [0.29, 0.717) is 12.1 Å². The van der Waals surface area contributed by atoms with E-state index < -0.39 is 12.0 Å². The molecule has 0 saturated carbocycles. The SMILES string of the molecule is N[C@@H](Cc1ccc(C(=O)NCCCc2ccccc2-c2ccc3ncccc3c2)cc1)C(=O)O. The van der Waals surface area contributed by atoms with E-state index in [1.165, 1.54) is 11.1 Å². The Morgan fingerprint density at radius 2 is 1.76 bits per heavy atom. The lowest BCUT2D eigenvalue weighted by atomic mass is 9.95. The Morgan fingerprint density at radius 1 is 0.971 bits per heavy atom. The molecule has 0 saturated heterocycles. The molecule has 4 N–H and O–H groups in total. The summed E-state index contributed by atoms with van der Waals surface area (Å²) in [4.78, 5) is 27.8. The summed E-state index contributed by atoms with van der Waals surface area (Å²) in [6, 6.07) is 24.6. The topological polar surface area (TPSA) is 105 Å². The van der Waals surface area contributed by atoms with Crippen molar-refractivity contribution < 1.29 is 14.7 Å². The fourth-order valence-electron chi connectivity index (χ4n) is 3.98. The number of fused-ring (bicyclic) bond motifs is 1. The fraction of sp³-hybridized carbons (Fsp3) is 0.179. The summed E-state index contributed by atoms with van der Waals surface area (Å²) in [6.45, 7) is 0.556. The summed E-state index contributed by atoms with van der Waals surface area (Å²) in [5, 5.41) is 13.0. The molecule has 1 atom stereocenters. The van der Waals surface area contributed by atoms with Gasteiger partial charge in [0.15, 0.2) is 0 Å². The van der Waals surface area contributed by atoms with E-state index in [2.05, 4.69) is 40.6 Å². The number of hydrogen-bond acceptors (Lipinski definition) is 4. The van der Waals surface area contributed by atoms with Gasteiger partial charge in [-0.3, -0.25) is 14.6 Å². The van der Waals surface area contributed by atoms with Crippen LogP contribution in [0.4, 0.5) is 0 Å². The third-order valence-corrected chi connectivity index (χ3v) is 5.83. The minimum absolute atomic E-state index is 0.149. The van der Waals surface area contributed by atoms with Crippen molar-refractivity contribution in [3.8, 4) is 11.1 Å². The monoisotopic (exact) mass is 453 g/mol. The van der Waals surface area contributed by atoms with Crippen LogP contribution in [0.25, 0.3) is 22.0 Å². The lowest BCUT2D eigenvalue weighted by molar-refractivity contribution is -0.138. The second-order valence-corrected chi connectivity index (χ2v) is 8.27. The number of pyridine rings is 1. The van der Waals surface area contributed by atoms with Gasteiger partial charge in [-0.1, -0.05) is 48.5 Å². The van der Waals surface area contributed by atoms with Gasteiger partial charge in [-0.05, 0) is 71.8 Å². The highest BCUT2D eigenvalue weighted by Crippen LogP contribution is 2.27. The number of nitrogens with zero attached hydrogens (tertiary/aromatic N) is 1. The number of rotatable bonds is 9. The molecule has 1 amide bonds. The van der Waals surface area contributed by atoms with E-state index in [1.54, 1.807) is 30.5 Å². The van der Waals surface area contributed by atoms with E-state index in [9.17, 15) is 9.59 Å². The maximum atomic E-state index is 12.5. The van der Waals surface area contributed by atoms with Crippen LogP contribution in [-0.2, 0) is 17.6 Å². The number of nitrogens with one attached hydrogen (secondary N) is 1. The first-order valence-corrected chi connectivity index (χ1v) is 11.3. The van der Waals surface area contributed by atoms with Crippen LogP contribution in [0, 0.1) is 0 Å². The number of amides is 1. The molecule has 0 radical (unpaired) electrons. The van der Waals surface area contributed by atoms with Gasteiger partial charge in [0.05, 0.1) is 5.52 Å². The first-order chi connectivity index (χ1) is 16.5. The second-order valence-electron chi connectivity index (χ2n) is 8.27. The number of carbonyl (C=O) groups excluding carboxylic acids is 1. The molecule has 0 aliphatic rings. The molecule has 0 fully saturated rings. The van der Waals surface area contributed by atoms with E-state index in [-0.39, 0.29) is 12.3 Å². The number of aliphatic carboxylic acids is 1. The molecule has 0 unspecified atom stereocenters. The zero-order valence-electron chi connectivity index (χ0n) is 18.8. The maximum Gasteiger partial charge on any atom is 0.320 e. The Morgan fingerprint density at radius 3 is 2.56 bits per heavy atom. The molecule has 0 aliphatic heterocycles. The molecular formula is C28H27N3O3. The molecule has 1 aromatic heterocycles. The van der Waals surface area contributed by atoms with Crippen LogP contribution in [0.5, 0.6) is 0 Å². The molecular weight excluding hydrogens is 426 g/mol. The summed E-state index contributed by atoms with van der Waals surface area (Å²) in [5.41, 5.74) is 11.4. The molecule has 172 valence electrons. The van der Waals surface area contributed by atoms with Gasteiger partial charge in [0, 0.05) is 23.7 Å². The van der Waals surface area contributed by atoms with Crippen molar-refractivity contribution >= 4 is 22.8 Å². The van der Waals surface area contributed by atoms with Crippen molar-refractivity contribution in [3.63, 3.8) is 0 Å². The predicted molar refractivity (Wildman–Crippen MR) is 134 cm³/mol. The van der Waals surface area contributed by atoms with Crippen molar-refractivity contribution in [1.82, 2.24) is 10.3 Å². The Kier molecular flexibility index (Phi) is 7.30. The highest BCUT2D eigenvalue weighted by atomic mass is 16.4. The minimum Gasteiger partial charge on any atom is -0.480 e. The van der Waals surface area contributed by atoms with E-state index in [4.69, 9.17) is 10.8 Å². The Balaban J connectivity index is 1.33. The largest absolute Gasteiger partial charge is 0.480 e. The first-order valence-electron chi connectivity index (χ1n) is 11.3. The molecule has 6 heteroatoms. The van der Waals surface area contributed by atoms with Crippen molar-refractivity contribution in [3.05, 3.63) is 102 Å². The van der Waals surface area contributed by atoms with Gasteiger partial charge in [0.2, 0.25) is 0 Å². The Hall–Kier alpha value is -4.03. The normalized spacial score (nSPS) is 11.8. The summed E-state index contributed by atoms with van der Waals surface area (Å²) in [6.07, 6.45) is 3.68. The molecule has 1 heterocycles. The molecule has 3 aromatic carbocycles. The van der Waals surface area contributed by atoms with Gasteiger partial charge < -0.3 is 16.2 Å². The summed E-state index contributed by atoms with van der Waals surface area (Å²) in [5.74, 6) is -1.19. The quantitative estimate of drug-likeness (QED) is 0.329. The fourth-order valence-corrected chi connectivity index (χ4v) is 3.98. The van der Waals surface area contributed by atoms with Gasteiger partial charge in [0.1, 0.15) is 6.04 Å². The molecule has 34 heavy (non-hydrogen) atoms. The lowest BCUT2D eigenvalue weighted by Gasteiger charge is -2.11. The highest BCUT2D eigenvalue weighted by Gasteiger charge is 2.13. The van der Waals surface area contributed by atoms with Crippen molar-refractivity contribution in [2.45, 2.75) is 25.3 Å². The van der Waals surface area contributed by atoms with Gasteiger partial charge in [-0.15, -0.1) is 0 Å². The van der Waals surface area contributed by atoms with Crippen LogP contribution >= 0.6 is 0 Å².